The van der Waals surface area contributed by atoms with Crippen molar-refractivity contribution in [1.29, 1.82) is 0 Å². The van der Waals surface area contributed by atoms with E-state index in [9.17, 15) is 18.0 Å². The molecule has 2 aromatic heterocycles. The molecule has 162 valence electrons. The van der Waals surface area contributed by atoms with E-state index in [1.165, 1.54) is 24.4 Å². The number of nitrogens with one attached hydrogen (secondary N) is 1. The molecule has 1 aliphatic carbocycles. The third kappa shape index (κ3) is 5.03. The summed E-state index contributed by atoms with van der Waals surface area (Å²) in [6.45, 7) is 1.21. The van der Waals surface area contributed by atoms with Crippen LogP contribution in [-0.2, 0) is 6.18 Å². The van der Waals surface area contributed by atoms with Crippen molar-refractivity contribution in [2.24, 2.45) is 17.6 Å². The molecule has 2 aromatic rings. The zero-order valence-electron chi connectivity index (χ0n) is 15.9. The molecule has 2 atom stereocenters. The highest BCUT2D eigenvalue weighted by molar-refractivity contribution is 6.11. The first-order chi connectivity index (χ1) is 13.8. The van der Waals surface area contributed by atoms with Gasteiger partial charge in [-0.05, 0) is 61.9 Å². The summed E-state index contributed by atoms with van der Waals surface area (Å²) in [5.74, 6) is 0.0169. The number of halogens is 3. The fraction of sp³-hybridized carbons (Fsp3) is 0.450. The van der Waals surface area contributed by atoms with E-state index >= 15 is 0 Å². The van der Waals surface area contributed by atoms with Crippen LogP contribution >= 0.6 is 0 Å². The van der Waals surface area contributed by atoms with Gasteiger partial charge in [0.1, 0.15) is 17.3 Å². The molecule has 6 nitrogen and oxygen atoms in total. The van der Waals surface area contributed by atoms with Gasteiger partial charge in [-0.1, -0.05) is 6.42 Å². The van der Waals surface area contributed by atoms with E-state index in [4.69, 9.17) is 11.5 Å². The van der Waals surface area contributed by atoms with Gasteiger partial charge in [-0.2, -0.15) is 13.2 Å². The van der Waals surface area contributed by atoms with Crippen molar-refractivity contribution in [3.8, 4) is 0 Å². The molecule has 9 heteroatoms. The molecular formula is C20H30F3N5O. The zero-order valence-corrected chi connectivity index (χ0v) is 15.9. The van der Waals surface area contributed by atoms with Crippen molar-refractivity contribution < 1.29 is 22.2 Å². The Kier molecular flexibility index (Phi) is 6.36. The van der Waals surface area contributed by atoms with Gasteiger partial charge in [0, 0.05) is 17.0 Å². The minimum absolute atomic E-state index is 0. The Morgan fingerprint density at radius 1 is 1.24 bits per heavy atom. The van der Waals surface area contributed by atoms with Gasteiger partial charge in [-0.25, -0.2) is 9.97 Å². The Bertz CT molecular complexity index is 886. The van der Waals surface area contributed by atoms with Gasteiger partial charge in [-0.15, -0.1) is 0 Å². The van der Waals surface area contributed by atoms with Crippen LogP contribution in [0.3, 0.4) is 0 Å². The smallest absolute Gasteiger partial charge is 0.383 e. The largest absolute Gasteiger partial charge is 0.418 e. The molecule has 0 saturated heterocycles. The van der Waals surface area contributed by atoms with Crippen molar-refractivity contribution >= 4 is 17.4 Å². The molecule has 0 bridgehead atoms. The number of anilines is 2. The van der Waals surface area contributed by atoms with Gasteiger partial charge in [0.2, 0.25) is 5.78 Å². The van der Waals surface area contributed by atoms with Crippen molar-refractivity contribution in [3.63, 3.8) is 0 Å². The van der Waals surface area contributed by atoms with Crippen LogP contribution < -0.4 is 16.8 Å². The molecule has 0 aliphatic heterocycles. The van der Waals surface area contributed by atoms with Gasteiger partial charge in [0.15, 0.2) is 0 Å². The molecule has 1 aliphatic rings. The van der Waals surface area contributed by atoms with E-state index < -0.39 is 23.2 Å². The number of pyridine rings is 2. The normalized spacial score (nSPS) is 19.7. The number of carbonyl (C=O) groups is 1. The summed E-state index contributed by atoms with van der Waals surface area (Å²) in [6, 6.07) is 4.89. The maximum Gasteiger partial charge on any atom is 0.418 e. The number of nitrogen functional groups attached to an aromatic ring is 1. The Hall–Kier alpha value is -2.68. The monoisotopic (exact) mass is 413 g/mol. The van der Waals surface area contributed by atoms with Gasteiger partial charge < -0.3 is 16.8 Å². The Morgan fingerprint density at radius 2 is 2.00 bits per heavy atom. The van der Waals surface area contributed by atoms with E-state index in [2.05, 4.69) is 15.3 Å². The molecule has 3 rings (SSSR count). The standard InChI is InChI=1S/C20H24F3N5O.3H2/c21-20(22,23)15-6-7-16(27-11-13-4-1-3-12(9-13)10-24)28-17(15)18(29)14-5-2-8-26-19(14)25;;;/h2,5-8,12-13H,1,3-4,9-11,24H2,(H2,25,26)(H,27,28);3*1H. The number of nitrogens with two attached hydrogens (primary N) is 2. The van der Waals surface area contributed by atoms with Gasteiger partial charge in [0.05, 0.1) is 11.1 Å². The second-order valence-electron chi connectivity index (χ2n) is 7.37. The predicted octanol–water partition coefficient (Wildman–Crippen LogP) is 4.22. The van der Waals surface area contributed by atoms with E-state index in [-0.39, 0.29) is 21.5 Å². The third-order valence-corrected chi connectivity index (χ3v) is 5.30. The lowest BCUT2D eigenvalue weighted by Crippen LogP contribution is -2.27. The van der Waals surface area contributed by atoms with Crippen LogP contribution in [-0.4, -0.2) is 28.8 Å². The number of hydrogen-bond donors (Lipinski definition) is 3. The first-order valence-corrected chi connectivity index (χ1v) is 9.57. The molecule has 5 N–H and O–H groups in total. The summed E-state index contributed by atoms with van der Waals surface area (Å²) >= 11 is 0. The van der Waals surface area contributed by atoms with Crippen LogP contribution in [0.15, 0.2) is 30.5 Å². The fourth-order valence-corrected chi connectivity index (χ4v) is 3.75. The predicted molar refractivity (Wildman–Crippen MR) is 111 cm³/mol. The Labute approximate surface area is 171 Å². The van der Waals surface area contributed by atoms with Gasteiger partial charge >= 0.3 is 6.18 Å². The second kappa shape index (κ2) is 8.77. The average molecular weight is 413 g/mol. The lowest BCUT2D eigenvalue weighted by atomic mass is 9.81. The SMILES string of the molecule is NCC1CCCC(CNc2ccc(C(F)(F)F)c(C(=O)c3cccnc3N)n2)C1.[HH].[HH].[HH]. The van der Waals surface area contributed by atoms with Gasteiger partial charge in [-0.3, -0.25) is 4.79 Å². The topological polar surface area (TPSA) is 107 Å². The molecule has 2 heterocycles. The highest BCUT2D eigenvalue weighted by Gasteiger charge is 2.37. The molecule has 1 saturated carbocycles. The van der Waals surface area contributed by atoms with Crippen molar-refractivity contribution in [1.82, 2.24) is 9.97 Å². The molecule has 0 spiro atoms. The number of ketones is 1. The van der Waals surface area contributed by atoms with E-state index in [1.807, 2.05) is 0 Å². The minimum Gasteiger partial charge on any atom is -0.383 e. The lowest BCUT2D eigenvalue weighted by Gasteiger charge is -2.28. The lowest BCUT2D eigenvalue weighted by molar-refractivity contribution is -0.138. The van der Waals surface area contributed by atoms with E-state index in [0.29, 0.717) is 24.9 Å². The number of aromatic nitrogens is 2. The van der Waals surface area contributed by atoms with E-state index in [1.54, 1.807) is 0 Å². The molecule has 0 aromatic carbocycles. The van der Waals surface area contributed by atoms with Crippen LogP contribution in [0.5, 0.6) is 0 Å². The van der Waals surface area contributed by atoms with Gasteiger partial charge in [0.25, 0.3) is 0 Å². The highest BCUT2D eigenvalue weighted by atomic mass is 19.4. The van der Waals surface area contributed by atoms with E-state index in [0.717, 1.165) is 31.7 Å². The molecule has 0 radical (unpaired) electrons. The summed E-state index contributed by atoms with van der Waals surface area (Å²) in [6.07, 6.45) is 0.839. The van der Waals surface area contributed by atoms with Crippen molar-refractivity contribution in [3.05, 3.63) is 47.3 Å². The van der Waals surface area contributed by atoms with Crippen molar-refractivity contribution in [2.45, 2.75) is 31.9 Å². The van der Waals surface area contributed by atoms with Crippen LogP contribution in [0.1, 0.15) is 51.6 Å². The first-order valence-electron chi connectivity index (χ1n) is 9.57. The first kappa shape index (κ1) is 21.0. The number of carbonyl (C=O) groups excluding carboxylic acids is 1. The zero-order chi connectivity index (χ0) is 21.0. The third-order valence-electron chi connectivity index (χ3n) is 5.30. The summed E-state index contributed by atoms with van der Waals surface area (Å²) < 4.78 is 40.3. The molecule has 2 unspecified atom stereocenters. The summed E-state index contributed by atoms with van der Waals surface area (Å²) in [5, 5.41) is 3.08. The summed E-state index contributed by atoms with van der Waals surface area (Å²) in [7, 11) is 0. The highest BCUT2D eigenvalue weighted by Crippen LogP contribution is 2.34. The Balaban J connectivity index is 0.00000320. The minimum atomic E-state index is -4.72. The van der Waals surface area contributed by atoms with Crippen LogP contribution in [0.25, 0.3) is 0 Å². The average Bonchev–Trinajstić information content (AvgIpc) is 2.71. The molecule has 0 amide bonds. The van der Waals surface area contributed by atoms with Crippen LogP contribution in [0.2, 0.25) is 0 Å². The Morgan fingerprint density at radius 3 is 2.69 bits per heavy atom. The van der Waals surface area contributed by atoms with Crippen LogP contribution in [0.4, 0.5) is 24.8 Å². The second-order valence-corrected chi connectivity index (χ2v) is 7.37. The quantitative estimate of drug-likeness (QED) is 0.612. The van der Waals surface area contributed by atoms with Crippen molar-refractivity contribution in [2.75, 3.05) is 24.1 Å². The number of hydrogen-bond acceptors (Lipinski definition) is 6. The molecule has 1 fully saturated rings. The molecule has 29 heavy (non-hydrogen) atoms. The summed E-state index contributed by atoms with van der Waals surface area (Å²) in [5.41, 5.74) is 9.53. The maximum absolute atomic E-state index is 13.4. The maximum atomic E-state index is 13.4. The number of nitrogens with zero attached hydrogens (tertiary/aromatic N) is 2. The number of rotatable bonds is 6. The molecular weight excluding hydrogens is 383 g/mol. The summed E-state index contributed by atoms with van der Waals surface area (Å²) in [4.78, 5) is 20.5. The fourth-order valence-electron chi connectivity index (χ4n) is 3.75. The van der Waals surface area contributed by atoms with Crippen LogP contribution in [0, 0.1) is 11.8 Å². The number of alkyl halides is 3.